The molecule has 0 aliphatic carbocycles. The lowest BCUT2D eigenvalue weighted by Crippen LogP contribution is -2.39. The normalized spacial score (nSPS) is 12.1. The van der Waals surface area contributed by atoms with Gasteiger partial charge in [-0.3, -0.25) is 19.1 Å². The summed E-state index contributed by atoms with van der Waals surface area (Å²) in [4.78, 5) is 35.3. The number of aromatic amines is 1. The molecule has 0 bridgehead atoms. The summed E-state index contributed by atoms with van der Waals surface area (Å²) in [7, 11) is 0. The molecule has 1 rings (SSSR count). The molecule has 17 heavy (non-hydrogen) atoms. The summed E-state index contributed by atoms with van der Waals surface area (Å²) in [6.07, 6.45) is 0.162. The van der Waals surface area contributed by atoms with Crippen LogP contribution in [0.1, 0.15) is 0 Å². The Hall–Kier alpha value is -1.93. The molecule has 0 fully saturated rings. The average molecular weight is 243 g/mol. The van der Waals surface area contributed by atoms with Crippen molar-refractivity contribution in [3.8, 4) is 0 Å². The van der Waals surface area contributed by atoms with E-state index in [2.05, 4.69) is 5.32 Å². The first-order valence-corrected chi connectivity index (χ1v) is 4.88. The van der Waals surface area contributed by atoms with Gasteiger partial charge in [0.1, 0.15) is 6.54 Å². The fraction of sp³-hybridized carbons (Fsp3) is 0.444. The number of nitrogens with zero attached hydrogens (tertiary/aromatic N) is 1. The lowest BCUT2D eigenvalue weighted by molar-refractivity contribution is -0.122. The third kappa shape index (κ3) is 4.21. The molecule has 8 nitrogen and oxygen atoms in total. The molecule has 8 heteroatoms. The number of hydrogen-bond acceptors (Lipinski definition) is 5. The Kier molecular flexibility index (Phi) is 4.61. The summed E-state index contributed by atoms with van der Waals surface area (Å²) in [5, 5.41) is 19.8. The molecule has 4 N–H and O–H groups in total. The number of amides is 1. The molecular formula is C9H13N3O5. The third-order valence-corrected chi connectivity index (χ3v) is 1.96. The van der Waals surface area contributed by atoms with E-state index in [9.17, 15) is 14.4 Å². The SMILES string of the molecule is O=C(Cn1ccc(=O)[nH]c1=O)NCC(O)CO. The zero-order valence-corrected chi connectivity index (χ0v) is 8.92. The standard InChI is InChI=1S/C9H13N3O5/c13-5-6(14)3-10-8(16)4-12-2-1-7(15)11-9(12)17/h1-2,6,13-14H,3-5H2,(H,10,16)(H,11,15,17). The molecule has 0 aliphatic heterocycles. The van der Waals surface area contributed by atoms with Crippen LogP contribution in [0.15, 0.2) is 21.9 Å². The van der Waals surface area contributed by atoms with Gasteiger partial charge in [-0.15, -0.1) is 0 Å². The van der Waals surface area contributed by atoms with Crippen LogP contribution in [0, 0.1) is 0 Å². The van der Waals surface area contributed by atoms with E-state index in [1.54, 1.807) is 0 Å². The second-order valence-electron chi connectivity index (χ2n) is 3.38. The predicted octanol–water partition coefficient (Wildman–Crippen LogP) is -2.99. The number of H-pyrrole nitrogens is 1. The minimum Gasteiger partial charge on any atom is -0.394 e. The number of carbonyl (C=O) groups excluding carboxylic acids is 1. The Morgan fingerprint density at radius 3 is 2.82 bits per heavy atom. The molecule has 0 aliphatic rings. The maximum absolute atomic E-state index is 11.3. The Morgan fingerprint density at radius 2 is 2.24 bits per heavy atom. The molecule has 0 spiro atoms. The van der Waals surface area contributed by atoms with E-state index < -0.39 is 29.9 Å². The fourth-order valence-corrected chi connectivity index (χ4v) is 1.08. The van der Waals surface area contributed by atoms with Gasteiger partial charge in [-0.25, -0.2) is 4.79 Å². The Labute approximate surface area is 95.5 Å². The van der Waals surface area contributed by atoms with Crippen LogP contribution >= 0.6 is 0 Å². The van der Waals surface area contributed by atoms with Crippen molar-refractivity contribution in [3.05, 3.63) is 33.1 Å². The maximum atomic E-state index is 11.3. The van der Waals surface area contributed by atoms with Crippen LogP contribution < -0.4 is 16.6 Å². The van der Waals surface area contributed by atoms with E-state index in [1.807, 2.05) is 4.98 Å². The summed E-state index contributed by atoms with van der Waals surface area (Å²) in [5.74, 6) is -0.508. The van der Waals surface area contributed by atoms with Crippen molar-refractivity contribution in [3.63, 3.8) is 0 Å². The van der Waals surface area contributed by atoms with E-state index in [0.29, 0.717) is 0 Å². The van der Waals surface area contributed by atoms with Crippen molar-refractivity contribution in [2.24, 2.45) is 0 Å². The summed E-state index contributed by atoms with van der Waals surface area (Å²) >= 11 is 0. The summed E-state index contributed by atoms with van der Waals surface area (Å²) in [6, 6.07) is 1.12. The minimum atomic E-state index is -1.04. The summed E-state index contributed by atoms with van der Waals surface area (Å²) in [6.45, 7) is -0.833. The maximum Gasteiger partial charge on any atom is 0.328 e. The van der Waals surface area contributed by atoms with E-state index in [-0.39, 0.29) is 13.1 Å². The molecule has 1 atom stereocenters. The largest absolute Gasteiger partial charge is 0.394 e. The van der Waals surface area contributed by atoms with E-state index >= 15 is 0 Å². The van der Waals surface area contributed by atoms with Crippen LogP contribution in [0.2, 0.25) is 0 Å². The van der Waals surface area contributed by atoms with Crippen LogP contribution in [0.4, 0.5) is 0 Å². The molecule has 1 aromatic heterocycles. The van der Waals surface area contributed by atoms with Gasteiger partial charge in [-0.1, -0.05) is 0 Å². The molecule has 1 unspecified atom stereocenters. The topological polar surface area (TPSA) is 124 Å². The van der Waals surface area contributed by atoms with Crippen LogP contribution in [0.25, 0.3) is 0 Å². The first-order chi connectivity index (χ1) is 8.02. The summed E-state index contributed by atoms with van der Waals surface area (Å²) < 4.78 is 1.02. The highest BCUT2D eigenvalue weighted by Gasteiger charge is 2.07. The van der Waals surface area contributed by atoms with Crippen LogP contribution in [0.3, 0.4) is 0 Å². The van der Waals surface area contributed by atoms with Gasteiger partial charge in [0.2, 0.25) is 5.91 Å². The van der Waals surface area contributed by atoms with E-state index in [1.165, 1.54) is 6.20 Å². The number of carbonyl (C=O) groups is 1. The molecule has 94 valence electrons. The van der Waals surface area contributed by atoms with Crippen LogP contribution in [-0.2, 0) is 11.3 Å². The van der Waals surface area contributed by atoms with Crippen LogP contribution in [0.5, 0.6) is 0 Å². The van der Waals surface area contributed by atoms with Gasteiger partial charge in [-0.05, 0) is 0 Å². The van der Waals surface area contributed by atoms with Gasteiger partial charge < -0.3 is 15.5 Å². The first kappa shape index (κ1) is 13.1. The molecule has 0 aromatic carbocycles. The number of aromatic nitrogens is 2. The lowest BCUT2D eigenvalue weighted by atomic mass is 10.4. The van der Waals surface area contributed by atoms with Gasteiger partial charge in [-0.2, -0.15) is 0 Å². The monoisotopic (exact) mass is 243 g/mol. The third-order valence-electron chi connectivity index (χ3n) is 1.96. The van der Waals surface area contributed by atoms with Gasteiger partial charge in [0.05, 0.1) is 12.7 Å². The molecule has 1 aromatic rings. The van der Waals surface area contributed by atoms with Crippen molar-refractivity contribution in [1.29, 1.82) is 0 Å². The highest BCUT2D eigenvalue weighted by molar-refractivity contribution is 5.75. The quantitative estimate of drug-likeness (QED) is 0.439. The zero-order chi connectivity index (χ0) is 12.8. The molecule has 1 amide bonds. The lowest BCUT2D eigenvalue weighted by Gasteiger charge is -2.09. The van der Waals surface area contributed by atoms with Crippen molar-refractivity contribution < 1.29 is 15.0 Å². The smallest absolute Gasteiger partial charge is 0.328 e. The predicted molar refractivity (Wildman–Crippen MR) is 57.4 cm³/mol. The average Bonchev–Trinajstić information content (AvgIpc) is 2.29. The van der Waals surface area contributed by atoms with Crippen molar-refractivity contribution in [2.75, 3.05) is 13.2 Å². The molecule has 0 saturated heterocycles. The van der Waals surface area contributed by atoms with Crippen molar-refractivity contribution in [2.45, 2.75) is 12.6 Å². The second-order valence-corrected chi connectivity index (χ2v) is 3.38. The number of rotatable bonds is 5. The summed E-state index contributed by atoms with van der Waals surface area (Å²) in [5.41, 5.74) is -1.22. The van der Waals surface area contributed by atoms with Gasteiger partial charge in [0, 0.05) is 18.8 Å². The van der Waals surface area contributed by atoms with Gasteiger partial charge in [0.25, 0.3) is 5.56 Å². The Balaban J connectivity index is 2.57. The molecular weight excluding hydrogens is 230 g/mol. The first-order valence-electron chi connectivity index (χ1n) is 4.88. The van der Waals surface area contributed by atoms with Gasteiger partial charge in [0.15, 0.2) is 0 Å². The fourth-order valence-electron chi connectivity index (χ4n) is 1.08. The molecule has 0 radical (unpaired) electrons. The number of aliphatic hydroxyl groups is 2. The minimum absolute atomic E-state index is 0.104. The number of nitrogens with one attached hydrogen (secondary N) is 2. The van der Waals surface area contributed by atoms with Crippen molar-refractivity contribution >= 4 is 5.91 Å². The Bertz CT molecular complexity index is 492. The zero-order valence-electron chi connectivity index (χ0n) is 8.92. The number of hydrogen-bond donors (Lipinski definition) is 4. The number of aliphatic hydroxyl groups excluding tert-OH is 2. The Morgan fingerprint density at radius 1 is 1.53 bits per heavy atom. The highest BCUT2D eigenvalue weighted by Crippen LogP contribution is 1.80. The van der Waals surface area contributed by atoms with E-state index in [4.69, 9.17) is 10.2 Å². The molecule has 1 heterocycles. The van der Waals surface area contributed by atoms with Crippen molar-refractivity contribution in [1.82, 2.24) is 14.9 Å². The van der Waals surface area contributed by atoms with E-state index in [0.717, 1.165) is 10.6 Å². The highest BCUT2D eigenvalue weighted by atomic mass is 16.3. The second kappa shape index (κ2) is 5.97. The van der Waals surface area contributed by atoms with Gasteiger partial charge >= 0.3 is 5.69 Å². The molecule has 0 saturated carbocycles. The van der Waals surface area contributed by atoms with Crippen LogP contribution in [-0.4, -0.2) is 44.9 Å².